The van der Waals surface area contributed by atoms with E-state index in [-0.39, 0.29) is 18.4 Å². The first-order valence-electron chi connectivity index (χ1n) is 8.17. The molecule has 2 aromatic rings. The Morgan fingerprint density at radius 1 is 1.29 bits per heavy atom. The molecule has 0 saturated heterocycles. The molecule has 2 heterocycles. The fourth-order valence-electron chi connectivity index (χ4n) is 3.51. The van der Waals surface area contributed by atoms with Crippen molar-refractivity contribution in [3.05, 3.63) is 47.3 Å². The van der Waals surface area contributed by atoms with Crippen LogP contribution < -0.4 is 10.8 Å². The van der Waals surface area contributed by atoms with Gasteiger partial charge in [0.25, 0.3) is 11.8 Å². The molecule has 1 fully saturated rings. The number of rotatable bonds is 3. The van der Waals surface area contributed by atoms with Gasteiger partial charge in [0.1, 0.15) is 20.2 Å². The molecule has 0 bridgehead atoms. The molecule has 2 radical (unpaired) electrons. The Labute approximate surface area is 158 Å². The fraction of sp³-hybridized carbons (Fsp3) is 0.294. The summed E-state index contributed by atoms with van der Waals surface area (Å²) in [5.74, 6) is -6.71. The molecule has 28 heavy (non-hydrogen) atoms. The van der Waals surface area contributed by atoms with Gasteiger partial charge in [-0.15, -0.1) is 0 Å². The number of fused-ring (bicyclic) bond motifs is 2. The van der Waals surface area contributed by atoms with E-state index < -0.39 is 59.9 Å². The number of nitrogens with zero attached hydrogens (tertiary/aromatic N) is 3. The minimum atomic E-state index is -3.23. The van der Waals surface area contributed by atoms with Gasteiger partial charge in [0.05, 0.1) is 17.8 Å². The van der Waals surface area contributed by atoms with Gasteiger partial charge in [0.15, 0.2) is 5.82 Å². The molecule has 1 saturated carbocycles. The molecular formula is C17H13BF4N4O2. The molecule has 144 valence electrons. The van der Waals surface area contributed by atoms with Gasteiger partial charge < -0.3 is 4.90 Å². The Balaban J connectivity index is 0.00000240. The van der Waals surface area contributed by atoms with Gasteiger partial charge in [-0.2, -0.15) is 0 Å². The zero-order chi connectivity index (χ0) is 20.3. The van der Waals surface area contributed by atoms with E-state index in [1.165, 1.54) is 6.07 Å². The number of halogens is 4. The summed E-state index contributed by atoms with van der Waals surface area (Å²) in [5, 5.41) is 2.25. The smallest absolute Gasteiger partial charge is 0.260 e. The predicted octanol–water partition coefficient (Wildman–Crippen LogP) is 1.17. The zero-order valence-corrected chi connectivity index (χ0v) is 14.2. The summed E-state index contributed by atoms with van der Waals surface area (Å²) in [4.78, 5) is 32.8. The Morgan fingerprint density at radius 2 is 1.93 bits per heavy atom. The van der Waals surface area contributed by atoms with Crippen molar-refractivity contribution in [1.29, 1.82) is 0 Å². The number of nitrogens with one attached hydrogen (secondary N) is 1. The van der Waals surface area contributed by atoms with Crippen molar-refractivity contribution in [3.8, 4) is 0 Å². The average Bonchev–Trinajstić information content (AvgIpc) is 3.17. The van der Waals surface area contributed by atoms with Gasteiger partial charge in [-0.05, 0) is 6.07 Å². The van der Waals surface area contributed by atoms with Crippen molar-refractivity contribution in [3.63, 3.8) is 0 Å². The number of hydrogen-bond acceptors (Lipinski definition) is 4. The second kappa shape index (κ2) is 6.01. The Kier molecular flexibility index (Phi) is 3.95. The molecule has 1 aromatic carbocycles. The van der Waals surface area contributed by atoms with Crippen LogP contribution in [0.1, 0.15) is 23.8 Å². The summed E-state index contributed by atoms with van der Waals surface area (Å²) in [6.45, 7) is -1.12. The largest absolute Gasteiger partial charge is 0.328 e. The maximum atomic E-state index is 14.5. The highest BCUT2D eigenvalue weighted by molar-refractivity contribution is 6.32. The fourth-order valence-corrected chi connectivity index (χ4v) is 3.51. The van der Waals surface area contributed by atoms with Crippen molar-refractivity contribution in [2.75, 3.05) is 18.4 Å². The molecule has 2 amide bonds. The normalized spacial score (nSPS) is 22.1. The van der Waals surface area contributed by atoms with E-state index in [0.29, 0.717) is 0 Å². The second-order valence-corrected chi connectivity index (χ2v) is 6.79. The van der Waals surface area contributed by atoms with Gasteiger partial charge in [-0.3, -0.25) is 14.9 Å². The van der Waals surface area contributed by atoms with Gasteiger partial charge >= 0.3 is 0 Å². The number of carbonyl (C=O) groups is 2. The predicted molar refractivity (Wildman–Crippen MR) is 91.7 cm³/mol. The van der Waals surface area contributed by atoms with Crippen LogP contribution in [-0.4, -0.2) is 53.5 Å². The SMILES string of the molecule is [B]c1ccc2c(c1F)C1(CN(CC(=O)Nc3ncc(F)cn3)C2=O)CC1(F)F.[HH]. The van der Waals surface area contributed by atoms with E-state index in [4.69, 9.17) is 7.85 Å². The first-order valence-corrected chi connectivity index (χ1v) is 8.17. The standard InChI is InChI=1S/C17H11BF4N4O2.H2/c18-10-2-1-9-12(13(10)20)16(6-17(16,21)22)7-26(14(9)28)5-11(27)25-15-23-3-8(19)4-24-15;/h1-4H,5-7H2,(H,23,24,25,27);1H. The van der Waals surface area contributed by atoms with Crippen molar-refractivity contribution in [2.45, 2.75) is 17.8 Å². The second-order valence-electron chi connectivity index (χ2n) is 6.79. The summed E-state index contributed by atoms with van der Waals surface area (Å²) in [6.07, 6.45) is 1.01. The molecule has 1 aliphatic heterocycles. The molecular weight excluding hydrogens is 379 g/mol. The number of anilines is 1. The molecule has 1 aliphatic carbocycles. The maximum absolute atomic E-state index is 14.5. The molecule has 1 N–H and O–H groups in total. The van der Waals surface area contributed by atoms with Crippen LogP contribution in [0.5, 0.6) is 0 Å². The van der Waals surface area contributed by atoms with E-state index in [1.54, 1.807) is 0 Å². The Hall–Kier alpha value is -2.98. The first-order chi connectivity index (χ1) is 13.1. The van der Waals surface area contributed by atoms with Crippen LogP contribution in [0.3, 0.4) is 0 Å². The van der Waals surface area contributed by atoms with Crippen LogP contribution in [-0.2, 0) is 10.2 Å². The number of aromatic nitrogens is 2. The summed E-state index contributed by atoms with van der Waals surface area (Å²) in [5.41, 5.74) is -2.89. The summed E-state index contributed by atoms with van der Waals surface area (Å²) in [6, 6.07) is 2.30. The Morgan fingerprint density at radius 3 is 2.54 bits per heavy atom. The third kappa shape index (κ3) is 2.72. The lowest BCUT2D eigenvalue weighted by Gasteiger charge is -2.35. The summed E-state index contributed by atoms with van der Waals surface area (Å²) < 4.78 is 55.7. The topological polar surface area (TPSA) is 75.2 Å². The third-order valence-electron chi connectivity index (χ3n) is 4.93. The summed E-state index contributed by atoms with van der Waals surface area (Å²) in [7, 11) is 5.49. The minimum Gasteiger partial charge on any atom is -0.328 e. The van der Waals surface area contributed by atoms with Crippen molar-refractivity contribution in [2.24, 2.45) is 0 Å². The van der Waals surface area contributed by atoms with Crippen molar-refractivity contribution in [1.82, 2.24) is 14.9 Å². The monoisotopic (exact) mass is 392 g/mol. The number of amides is 2. The summed E-state index contributed by atoms with van der Waals surface area (Å²) >= 11 is 0. The van der Waals surface area contributed by atoms with Gasteiger partial charge in [-0.1, -0.05) is 11.5 Å². The number of carbonyl (C=O) groups excluding carboxylic acids is 2. The van der Waals surface area contributed by atoms with Crippen molar-refractivity contribution >= 4 is 31.1 Å². The lowest BCUT2D eigenvalue weighted by atomic mass is 9.80. The highest BCUT2D eigenvalue weighted by Crippen LogP contribution is 2.64. The molecule has 1 unspecified atom stereocenters. The van der Waals surface area contributed by atoms with Crippen LogP contribution in [0.15, 0.2) is 24.5 Å². The molecule has 1 aromatic heterocycles. The van der Waals surface area contributed by atoms with Crippen LogP contribution in [0.25, 0.3) is 0 Å². The third-order valence-corrected chi connectivity index (χ3v) is 4.93. The van der Waals surface area contributed by atoms with E-state index in [9.17, 15) is 27.2 Å². The van der Waals surface area contributed by atoms with E-state index in [2.05, 4.69) is 15.3 Å². The zero-order valence-electron chi connectivity index (χ0n) is 14.2. The van der Waals surface area contributed by atoms with Crippen molar-refractivity contribution < 1.29 is 28.6 Å². The van der Waals surface area contributed by atoms with Gasteiger partial charge in [0.2, 0.25) is 11.9 Å². The van der Waals surface area contributed by atoms with E-state index in [0.717, 1.165) is 23.4 Å². The van der Waals surface area contributed by atoms with Crippen LogP contribution in [0.4, 0.5) is 23.5 Å². The lowest BCUT2D eigenvalue weighted by molar-refractivity contribution is -0.117. The number of benzene rings is 1. The minimum absolute atomic E-state index is 0. The van der Waals surface area contributed by atoms with Crippen LogP contribution >= 0.6 is 0 Å². The van der Waals surface area contributed by atoms with Gasteiger partial charge in [-0.25, -0.2) is 27.5 Å². The van der Waals surface area contributed by atoms with E-state index in [1.807, 2.05) is 0 Å². The first kappa shape index (κ1) is 18.4. The maximum Gasteiger partial charge on any atom is 0.260 e. The van der Waals surface area contributed by atoms with Gasteiger partial charge in [0, 0.05) is 25.5 Å². The average molecular weight is 392 g/mol. The molecule has 2 aliphatic rings. The Bertz CT molecular complexity index is 1010. The lowest BCUT2D eigenvalue weighted by Crippen LogP contribution is -2.49. The molecule has 6 nitrogen and oxygen atoms in total. The molecule has 11 heteroatoms. The molecule has 1 atom stereocenters. The van der Waals surface area contributed by atoms with Crippen LogP contribution in [0, 0.1) is 11.6 Å². The number of alkyl halides is 2. The highest BCUT2D eigenvalue weighted by Gasteiger charge is 2.75. The van der Waals surface area contributed by atoms with Crippen LogP contribution in [0.2, 0.25) is 0 Å². The van der Waals surface area contributed by atoms with E-state index >= 15 is 0 Å². The molecule has 4 rings (SSSR count). The molecule has 1 spiro atoms. The number of hydrogen-bond donors (Lipinski definition) is 1. The quantitative estimate of drug-likeness (QED) is 0.629. The highest BCUT2D eigenvalue weighted by atomic mass is 19.3.